The summed E-state index contributed by atoms with van der Waals surface area (Å²) in [5, 5.41) is 3.09. The van der Waals surface area contributed by atoms with Gasteiger partial charge in [-0.2, -0.15) is 0 Å². The second kappa shape index (κ2) is 7.77. The van der Waals surface area contributed by atoms with Crippen LogP contribution in [0.1, 0.15) is 36.5 Å². The SMILES string of the molecule is C#CCOc1c(OC)cc(C(=O)NC2CCCC2C)cc1OC. The maximum absolute atomic E-state index is 12.5. The van der Waals surface area contributed by atoms with E-state index in [1.807, 2.05) is 0 Å². The van der Waals surface area contributed by atoms with Gasteiger partial charge in [-0.15, -0.1) is 6.42 Å². The maximum Gasteiger partial charge on any atom is 0.251 e. The van der Waals surface area contributed by atoms with E-state index in [4.69, 9.17) is 20.6 Å². The number of amides is 1. The van der Waals surface area contributed by atoms with Gasteiger partial charge in [0.25, 0.3) is 5.91 Å². The molecule has 2 unspecified atom stereocenters. The van der Waals surface area contributed by atoms with Crippen LogP contribution in [0.4, 0.5) is 0 Å². The largest absolute Gasteiger partial charge is 0.493 e. The van der Waals surface area contributed by atoms with Gasteiger partial charge in [0.2, 0.25) is 5.75 Å². The quantitative estimate of drug-likeness (QED) is 0.820. The molecule has 0 radical (unpaired) electrons. The number of carbonyl (C=O) groups is 1. The van der Waals surface area contributed by atoms with Crippen LogP contribution in [0.15, 0.2) is 12.1 Å². The van der Waals surface area contributed by atoms with Crippen LogP contribution in [-0.4, -0.2) is 32.8 Å². The molecule has 23 heavy (non-hydrogen) atoms. The van der Waals surface area contributed by atoms with Crippen LogP contribution in [0.5, 0.6) is 17.2 Å². The number of hydrogen-bond acceptors (Lipinski definition) is 4. The third-order valence-corrected chi connectivity index (χ3v) is 4.20. The summed E-state index contributed by atoms with van der Waals surface area (Å²) >= 11 is 0. The van der Waals surface area contributed by atoms with Gasteiger partial charge in [0.15, 0.2) is 11.5 Å². The maximum atomic E-state index is 12.5. The lowest BCUT2D eigenvalue weighted by molar-refractivity contribution is 0.0929. The molecule has 2 rings (SSSR count). The number of ether oxygens (including phenoxy) is 3. The first-order chi connectivity index (χ1) is 11.1. The van der Waals surface area contributed by atoms with E-state index >= 15 is 0 Å². The van der Waals surface area contributed by atoms with Gasteiger partial charge in [-0.25, -0.2) is 0 Å². The molecule has 0 aliphatic heterocycles. The Hall–Kier alpha value is -2.35. The number of nitrogens with one attached hydrogen (secondary N) is 1. The molecule has 1 amide bonds. The fourth-order valence-electron chi connectivity index (χ4n) is 2.88. The topological polar surface area (TPSA) is 56.8 Å². The van der Waals surface area contributed by atoms with Crippen LogP contribution >= 0.6 is 0 Å². The number of rotatable bonds is 6. The minimum Gasteiger partial charge on any atom is -0.493 e. The molecular formula is C18H23NO4. The first kappa shape index (κ1) is 17.0. The van der Waals surface area contributed by atoms with Crippen molar-refractivity contribution in [1.29, 1.82) is 0 Å². The zero-order valence-electron chi connectivity index (χ0n) is 13.8. The summed E-state index contributed by atoms with van der Waals surface area (Å²) in [5.74, 6) is 4.01. The summed E-state index contributed by atoms with van der Waals surface area (Å²) in [4.78, 5) is 12.5. The van der Waals surface area contributed by atoms with Crippen molar-refractivity contribution >= 4 is 5.91 Å². The molecule has 124 valence electrons. The molecule has 0 heterocycles. The monoisotopic (exact) mass is 317 g/mol. The summed E-state index contributed by atoms with van der Waals surface area (Å²) in [6.07, 6.45) is 8.54. The molecule has 0 aromatic heterocycles. The number of terminal acetylenes is 1. The highest BCUT2D eigenvalue weighted by molar-refractivity contribution is 5.95. The Labute approximate surface area is 137 Å². The molecule has 0 spiro atoms. The first-order valence-electron chi connectivity index (χ1n) is 7.73. The zero-order valence-corrected chi connectivity index (χ0v) is 13.8. The van der Waals surface area contributed by atoms with Crippen LogP contribution < -0.4 is 19.5 Å². The molecule has 2 atom stereocenters. The average molecular weight is 317 g/mol. The molecule has 1 aliphatic carbocycles. The van der Waals surface area contributed by atoms with Crippen LogP contribution in [0.3, 0.4) is 0 Å². The summed E-state index contributed by atoms with van der Waals surface area (Å²) in [7, 11) is 3.02. The third-order valence-electron chi connectivity index (χ3n) is 4.20. The predicted molar refractivity (Wildman–Crippen MR) is 88.1 cm³/mol. The van der Waals surface area contributed by atoms with Crippen molar-refractivity contribution < 1.29 is 19.0 Å². The molecule has 1 fully saturated rings. The molecule has 5 nitrogen and oxygen atoms in total. The van der Waals surface area contributed by atoms with Gasteiger partial charge in [-0.05, 0) is 30.9 Å². The second-order valence-electron chi connectivity index (χ2n) is 5.69. The van der Waals surface area contributed by atoms with Crippen LogP contribution in [-0.2, 0) is 0 Å². The van der Waals surface area contributed by atoms with Gasteiger partial charge in [-0.1, -0.05) is 19.3 Å². The normalized spacial score (nSPS) is 19.7. The lowest BCUT2D eigenvalue weighted by Crippen LogP contribution is -2.36. The highest BCUT2D eigenvalue weighted by Crippen LogP contribution is 2.38. The highest BCUT2D eigenvalue weighted by atomic mass is 16.5. The summed E-state index contributed by atoms with van der Waals surface area (Å²) in [6.45, 7) is 2.26. The molecule has 0 saturated heterocycles. The molecule has 5 heteroatoms. The number of hydrogen-bond donors (Lipinski definition) is 1. The molecule has 1 aromatic carbocycles. The molecule has 1 saturated carbocycles. The van der Waals surface area contributed by atoms with Gasteiger partial charge in [0.05, 0.1) is 14.2 Å². The van der Waals surface area contributed by atoms with Crippen molar-refractivity contribution in [1.82, 2.24) is 5.32 Å². The van der Waals surface area contributed by atoms with Gasteiger partial charge in [0.1, 0.15) is 6.61 Å². The van der Waals surface area contributed by atoms with Gasteiger partial charge < -0.3 is 19.5 Å². The van der Waals surface area contributed by atoms with E-state index in [1.165, 1.54) is 14.2 Å². The average Bonchev–Trinajstić information content (AvgIpc) is 2.96. The molecule has 1 aromatic rings. The van der Waals surface area contributed by atoms with E-state index in [2.05, 4.69) is 18.2 Å². The van der Waals surface area contributed by atoms with E-state index in [-0.39, 0.29) is 18.6 Å². The fraction of sp³-hybridized carbons (Fsp3) is 0.500. The van der Waals surface area contributed by atoms with E-state index in [9.17, 15) is 4.79 Å². The summed E-state index contributed by atoms with van der Waals surface area (Å²) in [5.41, 5.74) is 0.478. The Balaban J connectivity index is 2.24. The van der Waals surface area contributed by atoms with Crippen molar-refractivity contribution in [2.75, 3.05) is 20.8 Å². The van der Waals surface area contributed by atoms with Crippen molar-refractivity contribution in [3.63, 3.8) is 0 Å². The van der Waals surface area contributed by atoms with Crippen molar-refractivity contribution in [2.24, 2.45) is 5.92 Å². The number of benzene rings is 1. The zero-order chi connectivity index (χ0) is 16.8. The predicted octanol–water partition coefficient (Wildman–Crippen LogP) is 2.63. The third kappa shape index (κ3) is 3.89. The fourth-order valence-corrected chi connectivity index (χ4v) is 2.88. The van der Waals surface area contributed by atoms with Crippen LogP contribution in [0, 0.1) is 18.3 Å². The Morgan fingerprint density at radius 1 is 1.30 bits per heavy atom. The molecular weight excluding hydrogens is 294 g/mol. The van der Waals surface area contributed by atoms with Crippen LogP contribution in [0.25, 0.3) is 0 Å². The van der Waals surface area contributed by atoms with Crippen molar-refractivity contribution in [3.8, 4) is 29.6 Å². The highest BCUT2D eigenvalue weighted by Gasteiger charge is 2.26. The van der Waals surface area contributed by atoms with Gasteiger partial charge in [-0.3, -0.25) is 4.79 Å². The lowest BCUT2D eigenvalue weighted by Gasteiger charge is -2.19. The van der Waals surface area contributed by atoms with Crippen LogP contribution in [0.2, 0.25) is 0 Å². The summed E-state index contributed by atoms with van der Waals surface area (Å²) < 4.78 is 16.1. The van der Waals surface area contributed by atoms with E-state index in [1.54, 1.807) is 12.1 Å². The molecule has 0 bridgehead atoms. The summed E-state index contributed by atoms with van der Waals surface area (Å²) in [6, 6.07) is 3.50. The van der Waals surface area contributed by atoms with Gasteiger partial charge >= 0.3 is 0 Å². The lowest BCUT2D eigenvalue weighted by atomic mass is 10.1. The van der Waals surface area contributed by atoms with E-state index in [0.717, 1.165) is 19.3 Å². The molecule has 1 N–H and O–H groups in total. The first-order valence-corrected chi connectivity index (χ1v) is 7.73. The van der Waals surface area contributed by atoms with Gasteiger partial charge in [0, 0.05) is 11.6 Å². The minimum absolute atomic E-state index is 0.0951. The Kier molecular flexibility index (Phi) is 5.75. The number of methoxy groups -OCH3 is 2. The Morgan fingerprint density at radius 3 is 2.43 bits per heavy atom. The second-order valence-corrected chi connectivity index (χ2v) is 5.69. The van der Waals surface area contributed by atoms with Crippen molar-refractivity contribution in [3.05, 3.63) is 17.7 Å². The van der Waals surface area contributed by atoms with E-state index in [0.29, 0.717) is 28.7 Å². The van der Waals surface area contributed by atoms with Crippen molar-refractivity contribution in [2.45, 2.75) is 32.2 Å². The minimum atomic E-state index is -0.135. The molecule has 1 aliphatic rings. The smallest absolute Gasteiger partial charge is 0.251 e. The van der Waals surface area contributed by atoms with E-state index < -0.39 is 0 Å². The standard InChI is InChI=1S/C18H23NO4/c1-5-9-23-17-15(21-3)10-13(11-16(17)22-4)18(20)19-14-8-6-7-12(14)2/h1,10-12,14H,6-9H2,2-4H3,(H,19,20). The Bertz CT molecular complexity index is 581. The number of carbonyl (C=O) groups excluding carboxylic acids is 1. The Morgan fingerprint density at radius 2 is 1.96 bits per heavy atom.